The number of nitrogens with one attached hydrogen (secondary N) is 2. The van der Waals surface area contributed by atoms with E-state index in [4.69, 9.17) is 4.74 Å². The van der Waals surface area contributed by atoms with Gasteiger partial charge in [-0.2, -0.15) is 0 Å². The zero-order valence-electron chi connectivity index (χ0n) is 14.1. The van der Waals surface area contributed by atoms with Crippen molar-refractivity contribution in [2.24, 2.45) is 0 Å². The van der Waals surface area contributed by atoms with E-state index in [0.29, 0.717) is 22.2 Å². The van der Waals surface area contributed by atoms with Crippen molar-refractivity contribution in [3.8, 4) is 5.75 Å². The topological polar surface area (TPSA) is 84.5 Å². The Kier molecular flexibility index (Phi) is 5.36. The third-order valence-electron chi connectivity index (χ3n) is 3.92. The third kappa shape index (κ3) is 4.22. The Morgan fingerprint density at radius 3 is 2.44 bits per heavy atom. The Hall–Kier alpha value is -3.00. The number of carbonyl (C=O) groups excluding carboxylic acids is 3. The fourth-order valence-corrected chi connectivity index (χ4v) is 3.29. The standard InChI is InChI=1S/C19H14BrFN2O4/c1-27-16-9-11(7-14-17(24)22-19(26)23-18(14)25)8-15(20)13(16)6-10-3-2-4-12(21)5-10/h2-5,7-9H,6H2,1H3,(H2,22,23,24,25,26). The van der Waals surface area contributed by atoms with Crippen LogP contribution >= 0.6 is 15.9 Å². The molecular weight excluding hydrogens is 419 g/mol. The summed E-state index contributed by atoms with van der Waals surface area (Å²) in [6, 6.07) is 8.76. The molecule has 0 aliphatic carbocycles. The van der Waals surface area contributed by atoms with E-state index in [2.05, 4.69) is 15.9 Å². The first kappa shape index (κ1) is 18.8. The Labute approximate surface area is 162 Å². The molecule has 0 atom stereocenters. The van der Waals surface area contributed by atoms with Gasteiger partial charge in [0.05, 0.1) is 7.11 Å². The molecule has 0 aromatic heterocycles. The highest BCUT2D eigenvalue weighted by atomic mass is 79.9. The molecule has 2 aromatic rings. The summed E-state index contributed by atoms with van der Waals surface area (Å²) in [6.07, 6.45) is 1.78. The van der Waals surface area contributed by atoms with Crippen molar-refractivity contribution < 1.29 is 23.5 Å². The second-order valence-electron chi connectivity index (χ2n) is 5.79. The predicted octanol–water partition coefficient (Wildman–Crippen LogP) is 2.94. The highest BCUT2D eigenvalue weighted by Gasteiger charge is 2.27. The van der Waals surface area contributed by atoms with Gasteiger partial charge in [0.15, 0.2) is 0 Å². The van der Waals surface area contributed by atoms with Gasteiger partial charge in [-0.05, 0) is 41.5 Å². The van der Waals surface area contributed by atoms with Gasteiger partial charge < -0.3 is 4.74 Å². The number of hydrogen-bond acceptors (Lipinski definition) is 4. The zero-order chi connectivity index (χ0) is 19.6. The Morgan fingerprint density at radius 1 is 1.11 bits per heavy atom. The maximum Gasteiger partial charge on any atom is 0.328 e. The van der Waals surface area contributed by atoms with E-state index in [1.807, 2.05) is 10.6 Å². The number of barbiturate groups is 1. The first-order valence-electron chi connectivity index (χ1n) is 7.86. The van der Waals surface area contributed by atoms with Gasteiger partial charge in [-0.15, -0.1) is 0 Å². The molecule has 0 spiro atoms. The summed E-state index contributed by atoms with van der Waals surface area (Å²) < 4.78 is 19.5. The predicted molar refractivity (Wildman–Crippen MR) is 99.6 cm³/mol. The molecule has 0 bridgehead atoms. The minimum atomic E-state index is -0.855. The molecule has 8 heteroatoms. The number of hydrogen-bond donors (Lipinski definition) is 2. The van der Waals surface area contributed by atoms with Gasteiger partial charge in [-0.1, -0.05) is 28.1 Å². The van der Waals surface area contributed by atoms with Crippen LogP contribution in [0.1, 0.15) is 16.7 Å². The van der Waals surface area contributed by atoms with Crippen molar-refractivity contribution in [1.82, 2.24) is 10.6 Å². The van der Waals surface area contributed by atoms with Crippen molar-refractivity contribution >= 4 is 39.9 Å². The van der Waals surface area contributed by atoms with Crippen molar-refractivity contribution in [3.05, 3.63) is 69.0 Å². The van der Waals surface area contributed by atoms with Crippen molar-refractivity contribution in [3.63, 3.8) is 0 Å². The van der Waals surface area contributed by atoms with Gasteiger partial charge in [-0.25, -0.2) is 9.18 Å². The second-order valence-corrected chi connectivity index (χ2v) is 6.64. The minimum absolute atomic E-state index is 0.193. The van der Waals surface area contributed by atoms with E-state index < -0.39 is 17.8 Å². The summed E-state index contributed by atoms with van der Waals surface area (Å²) >= 11 is 3.46. The Morgan fingerprint density at radius 2 is 1.81 bits per heavy atom. The number of amides is 4. The molecule has 3 rings (SSSR count). The molecular formula is C19H14BrFN2O4. The van der Waals surface area contributed by atoms with Crippen LogP contribution in [0.25, 0.3) is 6.08 Å². The van der Waals surface area contributed by atoms with E-state index >= 15 is 0 Å². The molecule has 0 radical (unpaired) electrons. The smallest absolute Gasteiger partial charge is 0.328 e. The molecule has 1 fully saturated rings. The maximum absolute atomic E-state index is 13.4. The zero-order valence-corrected chi connectivity index (χ0v) is 15.7. The summed E-state index contributed by atoms with van der Waals surface area (Å²) in [7, 11) is 1.49. The SMILES string of the molecule is COc1cc(C=C2C(=O)NC(=O)NC2=O)cc(Br)c1Cc1cccc(F)c1. The van der Waals surface area contributed by atoms with E-state index in [0.717, 1.165) is 11.1 Å². The average molecular weight is 433 g/mol. The summed E-state index contributed by atoms with van der Waals surface area (Å²) in [5.74, 6) is -1.37. The Bertz CT molecular complexity index is 966. The van der Waals surface area contributed by atoms with Crippen LogP contribution in [0.4, 0.5) is 9.18 Å². The second kappa shape index (κ2) is 7.71. The number of benzene rings is 2. The van der Waals surface area contributed by atoms with Crippen LogP contribution in [-0.2, 0) is 16.0 Å². The molecule has 1 aliphatic heterocycles. The number of halogens is 2. The van der Waals surface area contributed by atoms with E-state index in [-0.39, 0.29) is 11.4 Å². The fraction of sp³-hybridized carbons (Fsp3) is 0.105. The molecule has 1 heterocycles. The first-order valence-corrected chi connectivity index (χ1v) is 8.66. The van der Waals surface area contributed by atoms with Gasteiger partial charge >= 0.3 is 6.03 Å². The quantitative estimate of drug-likeness (QED) is 0.574. The van der Waals surface area contributed by atoms with Gasteiger partial charge in [0, 0.05) is 16.5 Å². The van der Waals surface area contributed by atoms with Gasteiger partial charge in [0.25, 0.3) is 11.8 Å². The largest absolute Gasteiger partial charge is 0.496 e. The van der Waals surface area contributed by atoms with Crippen LogP contribution < -0.4 is 15.4 Å². The van der Waals surface area contributed by atoms with E-state index in [1.54, 1.807) is 24.3 Å². The van der Waals surface area contributed by atoms with Crippen LogP contribution in [0.2, 0.25) is 0 Å². The monoisotopic (exact) mass is 432 g/mol. The van der Waals surface area contributed by atoms with Crippen LogP contribution in [-0.4, -0.2) is 25.0 Å². The van der Waals surface area contributed by atoms with Crippen LogP contribution in [0.15, 0.2) is 46.4 Å². The lowest BCUT2D eigenvalue weighted by Crippen LogP contribution is -2.51. The highest BCUT2D eigenvalue weighted by molar-refractivity contribution is 9.10. The lowest BCUT2D eigenvalue weighted by Gasteiger charge is -2.15. The maximum atomic E-state index is 13.4. The lowest BCUT2D eigenvalue weighted by molar-refractivity contribution is -0.123. The molecule has 2 aromatic carbocycles. The van der Waals surface area contributed by atoms with Crippen molar-refractivity contribution in [1.29, 1.82) is 0 Å². The van der Waals surface area contributed by atoms with E-state index in [9.17, 15) is 18.8 Å². The number of ether oxygens (including phenoxy) is 1. The molecule has 4 amide bonds. The van der Waals surface area contributed by atoms with Crippen molar-refractivity contribution in [2.45, 2.75) is 6.42 Å². The summed E-state index contributed by atoms with van der Waals surface area (Å²) in [4.78, 5) is 34.9. The number of rotatable bonds is 4. The minimum Gasteiger partial charge on any atom is -0.496 e. The molecule has 138 valence electrons. The average Bonchev–Trinajstić information content (AvgIpc) is 2.60. The Balaban J connectivity index is 1.97. The lowest BCUT2D eigenvalue weighted by atomic mass is 10.0. The molecule has 6 nitrogen and oxygen atoms in total. The molecule has 1 aliphatic rings. The van der Waals surface area contributed by atoms with Gasteiger partial charge in [-0.3, -0.25) is 20.2 Å². The van der Waals surface area contributed by atoms with Crippen molar-refractivity contribution in [2.75, 3.05) is 7.11 Å². The fourth-order valence-electron chi connectivity index (χ4n) is 2.69. The van der Waals surface area contributed by atoms with E-state index in [1.165, 1.54) is 25.3 Å². The number of methoxy groups -OCH3 is 1. The van der Waals surface area contributed by atoms with Gasteiger partial charge in [0.1, 0.15) is 17.1 Å². The molecule has 0 unspecified atom stereocenters. The number of urea groups is 1. The van der Waals surface area contributed by atoms with Crippen LogP contribution in [0, 0.1) is 5.82 Å². The molecule has 2 N–H and O–H groups in total. The molecule has 1 saturated heterocycles. The van der Waals surface area contributed by atoms with Crippen LogP contribution in [0.5, 0.6) is 5.75 Å². The summed E-state index contributed by atoms with van der Waals surface area (Å²) in [5, 5.41) is 4.03. The number of carbonyl (C=O) groups is 3. The third-order valence-corrected chi connectivity index (χ3v) is 4.63. The van der Waals surface area contributed by atoms with Gasteiger partial charge in [0.2, 0.25) is 0 Å². The number of imide groups is 2. The first-order chi connectivity index (χ1) is 12.9. The summed E-state index contributed by atoms with van der Waals surface area (Å²) in [6.45, 7) is 0. The normalized spacial score (nSPS) is 13.9. The molecule has 27 heavy (non-hydrogen) atoms. The van der Waals surface area contributed by atoms with Crippen LogP contribution in [0.3, 0.4) is 0 Å². The highest BCUT2D eigenvalue weighted by Crippen LogP contribution is 2.32. The molecule has 0 saturated carbocycles. The summed E-state index contributed by atoms with van der Waals surface area (Å²) in [5.41, 5.74) is 1.89.